The molecule has 3 saturated heterocycles. The summed E-state index contributed by atoms with van der Waals surface area (Å²) in [7, 11) is -1.32. The third-order valence-electron chi connectivity index (χ3n) is 14.9. The van der Waals surface area contributed by atoms with Crippen molar-refractivity contribution in [3.63, 3.8) is 0 Å². The van der Waals surface area contributed by atoms with Gasteiger partial charge in [-0.15, -0.1) is 0 Å². The van der Waals surface area contributed by atoms with Crippen LogP contribution in [-0.4, -0.2) is 76.4 Å². The van der Waals surface area contributed by atoms with Crippen molar-refractivity contribution in [2.45, 2.75) is 177 Å². The van der Waals surface area contributed by atoms with Crippen molar-refractivity contribution < 1.29 is 37.5 Å². The molecule has 5 aliphatic rings. The summed E-state index contributed by atoms with van der Waals surface area (Å²) in [5, 5.41) is 0. The Balaban J connectivity index is 0.000000170. The van der Waals surface area contributed by atoms with E-state index >= 15 is 0 Å². The first kappa shape index (κ1) is 52.6. The molecule has 3 fully saturated rings. The Kier molecular flexibility index (Phi) is 15.4. The van der Waals surface area contributed by atoms with Gasteiger partial charge in [-0.3, -0.25) is 9.59 Å². The second kappa shape index (κ2) is 19.6. The van der Waals surface area contributed by atoms with E-state index in [9.17, 15) is 9.59 Å². The molecule has 0 aromatic heterocycles. The number of benzene rings is 4. The van der Waals surface area contributed by atoms with Crippen molar-refractivity contribution in [1.82, 2.24) is 9.80 Å². The summed E-state index contributed by atoms with van der Waals surface area (Å²) < 4.78 is 37.3. The predicted molar refractivity (Wildman–Crippen MR) is 273 cm³/mol. The molecule has 0 aliphatic carbocycles. The van der Waals surface area contributed by atoms with Gasteiger partial charge in [-0.1, -0.05) is 108 Å². The lowest BCUT2D eigenvalue weighted by Crippen LogP contribution is -2.41. The minimum atomic E-state index is -0.476. The molecule has 2 amide bonds. The van der Waals surface area contributed by atoms with Crippen LogP contribution in [-0.2, 0) is 76.5 Å². The van der Waals surface area contributed by atoms with Crippen molar-refractivity contribution >= 4 is 54.3 Å². The van der Waals surface area contributed by atoms with Crippen LogP contribution in [0.5, 0.6) is 0 Å². The first-order valence-corrected chi connectivity index (χ1v) is 24.1. The lowest BCUT2D eigenvalue weighted by atomic mass is 9.49. The minimum absolute atomic E-state index is 0. The van der Waals surface area contributed by atoms with Gasteiger partial charge in [0, 0.05) is 30.7 Å². The lowest BCUT2D eigenvalue weighted by Gasteiger charge is -2.32. The van der Waals surface area contributed by atoms with Gasteiger partial charge in [0.2, 0.25) is 11.8 Å². The standard InChI is InChI=1S/C23H28BNO3.C17H16BrNO.C12H24B2O4.CH4/c1-16-12-17(10-11-20(16)24-27-22(2,3)23(4,5)28-24)13-21(26)25-14-18-8-6-7-9-19(18)15-25;1-12-8-13(6-7-16(12)18)9-17(20)19-10-14-4-2-3-5-15(14)11-19;1-9(2)10(3,4)16-13(15-9)14-17-11(5,6)12(7,8)18-14;/h6-12H,13-15H2,1-5H3;2-8H,9-11H2,1H3;1-8H3;1H4. The molecule has 4 aromatic carbocycles. The van der Waals surface area contributed by atoms with E-state index in [1.54, 1.807) is 0 Å². The van der Waals surface area contributed by atoms with Crippen LogP contribution in [0.1, 0.15) is 135 Å². The Labute approximate surface area is 410 Å². The fourth-order valence-electron chi connectivity index (χ4n) is 8.49. The van der Waals surface area contributed by atoms with Gasteiger partial charge in [-0.2, -0.15) is 0 Å². The smallest absolute Gasteiger partial charge is 0.405 e. The third kappa shape index (κ3) is 11.3. The number of amides is 2. The maximum Gasteiger partial charge on any atom is 0.495 e. The van der Waals surface area contributed by atoms with Gasteiger partial charge in [0.1, 0.15) is 0 Å². The summed E-state index contributed by atoms with van der Waals surface area (Å²) in [6.45, 7) is 31.4. The summed E-state index contributed by atoms with van der Waals surface area (Å²) in [6, 6.07) is 28.8. The largest absolute Gasteiger partial charge is 0.495 e. The maximum absolute atomic E-state index is 12.8. The van der Waals surface area contributed by atoms with Crippen molar-refractivity contribution in [2.24, 2.45) is 0 Å². The number of carbonyl (C=O) groups is 2. The van der Waals surface area contributed by atoms with Crippen LogP contribution in [0, 0.1) is 13.8 Å². The van der Waals surface area contributed by atoms with Crippen molar-refractivity contribution in [3.8, 4) is 0 Å². The van der Waals surface area contributed by atoms with E-state index in [4.69, 9.17) is 27.9 Å². The highest BCUT2D eigenvalue weighted by molar-refractivity contribution is 9.10. The monoisotopic (exact) mass is 976 g/mol. The molecule has 0 spiro atoms. The first-order valence-electron chi connectivity index (χ1n) is 23.3. The van der Waals surface area contributed by atoms with Crippen LogP contribution in [0.15, 0.2) is 89.4 Å². The summed E-state index contributed by atoms with van der Waals surface area (Å²) >= 11 is 3.49. The van der Waals surface area contributed by atoms with Gasteiger partial charge in [0.05, 0.1) is 46.4 Å². The summed E-state index contributed by atoms with van der Waals surface area (Å²) in [5.74, 6) is 0.363. The molecular formula is C53H72B3BrN2O8. The number of carbonyl (C=O) groups excluding carboxylic acids is 2. The quantitative estimate of drug-likeness (QED) is 0.176. The van der Waals surface area contributed by atoms with Crippen LogP contribution in [0.3, 0.4) is 0 Å². The fourth-order valence-corrected chi connectivity index (χ4v) is 8.74. The predicted octanol–water partition coefficient (Wildman–Crippen LogP) is 10.1. The molecule has 5 heterocycles. The molecule has 0 saturated carbocycles. The Morgan fingerprint density at radius 1 is 0.493 bits per heavy atom. The van der Waals surface area contributed by atoms with Crippen LogP contribution in [0.2, 0.25) is 0 Å². The van der Waals surface area contributed by atoms with Crippen molar-refractivity contribution in [1.29, 1.82) is 0 Å². The van der Waals surface area contributed by atoms with Gasteiger partial charge >= 0.3 is 21.1 Å². The SMILES string of the molecule is C.CC1(C)OB(B2OC(C)(C)C(C)(C)O2)OC1(C)C.Cc1cc(CC(=O)N2Cc3ccccc3C2)ccc1B1OC(C)(C)C(C)(C)O1.Cc1cc(CC(=O)N2Cc3ccccc3C2)ccc1Br. The van der Waals surface area contributed by atoms with Gasteiger partial charge in [0.15, 0.2) is 0 Å². The maximum atomic E-state index is 12.8. The molecule has 0 radical (unpaired) electrons. The summed E-state index contributed by atoms with van der Waals surface area (Å²) in [5.41, 5.74) is 8.28. The Morgan fingerprint density at radius 2 is 0.806 bits per heavy atom. The van der Waals surface area contributed by atoms with Gasteiger partial charge < -0.3 is 37.7 Å². The number of hydrogen-bond acceptors (Lipinski definition) is 8. The molecule has 5 aliphatic heterocycles. The Hall–Kier alpha value is -3.75. The summed E-state index contributed by atoms with van der Waals surface area (Å²) in [4.78, 5) is 29.0. The van der Waals surface area contributed by atoms with E-state index in [0.717, 1.165) is 39.7 Å². The highest BCUT2D eigenvalue weighted by Crippen LogP contribution is 2.43. The zero-order valence-electron chi connectivity index (χ0n) is 41.6. The van der Waals surface area contributed by atoms with E-state index in [1.165, 1.54) is 27.8 Å². The zero-order valence-corrected chi connectivity index (χ0v) is 43.2. The lowest BCUT2D eigenvalue weighted by molar-refractivity contribution is -0.131. The molecular weight excluding hydrogens is 905 g/mol. The number of nitrogens with zero attached hydrogens (tertiary/aromatic N) is 2. The van der Waals surface area contributed by atoms with E-state index < -0.39 is 14.0 Å². The number of hydrogen-bond donors (Lipinski definition) is 0. The number of fused-ring (bicyclic) bond motifs is 2. The van der Waals surface area contributed by atoms with Gasteiger partial charge in [-0.25, -0.2) is 0 Å². The van der Waals surface area contributed by atoms with Crippen LogP contribution < -0.4 is 5.46 Å². The second-order valence-corrected chi connectivity index (χ2v) is 22.4. The van der Waals surface area contributed by atoms with E-state index in [1.807, 2.05) is 121 Å². The summed E-state index contributed by atoms with van der Waals surface area (Å²) in [6.07, 6.45) is 0.889. The number of halogens is 1. The van der Waals surface area contributed by atoms with Crippen molar-refractivity contribution in [2.75, 3.05) is 0 Å². The highest BCUT2D eigenvalue weighted by Gasteiger charge is 2.63. The number of aryl methyl sites for hydroxylation is 2. The first-order chi connectivity index (χ1) is 30.7. The zero-order chi connectivity index (χ0) is 48.2. The van der Waals surface area contributed by atoms with Crippen molar-refractivity contribution in [3.05, 3.63) is 134 Å². The van der Waals surface area contributed by atoms with Gasteiger partial charge in [-0.05, 0) is 147 Å². The van der Waals surface area contributed by atoms with E-state index in [2.05, 4.69) is 86.9 Å². The third-order valence-corrected chi connectivity index (χ3v) is 15.8. The molecule has 358 valence electrons. The highest BCUT2D eigenvalue weighted by atomic mass is 79.9. The second-order valence-electron chi connectivity index (χ2n) is 21.5. The molecule has 67 heavy (non-hydrogen) atoms. The molecule has 0 bridgehead atoms. The van der Waals surface area contributed by atoms with E-state index in [-0.39, 0.29) is 60.0 Å². The Morgan fingerprint density at radius 3 is 1.13 bits per heavy atom. The van der Waals surface area contributed by atoms with Crippen LogP contribution in [0.4, 0.5) is 0 Å². The minimum Gasteiger partial charge on any atom is -0.405 e. The molecule has 4 aromatic rings. The van der Waals surface area contributed by atoms with Crippen LogP contribution in [0.25, 0.3) is 0 Å². The van der Waals surface area contributed by atoms with Gasteiger partial charge in [0.25, 0.3) is 0 Å². The molecule has 9 rings (SSSR count). The molecule has 10 nitrogen and oxygen atoms in total. The topological polar surface area (TPSA) is 96.0 Å². The average Bonchev–Trinajstić information content (AvgIpc) is 4.00. The van der Waals surface area contributed by atoms with Crippen LogP contribution >= 0.6 is 15.9 Å². The molecule has 0 atom stereocenters. The Bertz CT molecular complexity index is 2320. The molecule has 0 unspecified atom stereocenters. The molecule has 14 heteroatoms. The van der Waals surface area contributed by atoms with E-state index in [0.29, 0.717) is 25.9 Å². The fraction of sp³-hybridized carbons (Fsp3) is 0.509. The number of rotatable bonds is 6. The normalized spacial score (nSPS) is 20.9. The molecule has 0 N–H and O–H groups in total. The average molecular weight is 978 g/mol.